The van der Waals surface area contributed by atoms with E-state index in [1.165, 1.54) is 12.1 Å². The predicted octanol–water partition coefficient (Wildman–Crippen LogP) is 0.918. The third kappa shape index (κ3) is 4.54. The quantitative estimate of drug-likeness (QED) is 0.769. The number of ether oxygens (including phenoxy) is 1. The van der Waals surface area contributed by atoms with Gasteiger partial charge in [0, 0.05) is 6.54 Å². The highest BCUT2D eigenvalue weighted by molar-refractivity contribution is 7.89. The molecule has 0 aliphatic heterocycles. The third-order valence-electron chi connectivity index (χ3n) is 1.98. The molecule has 1 N–H and O–H groups in total. The Hall–Kier alpha value is -1.40. The number of carbonyl (C=O) groups is 1. The zero-order valence-corrected chi connectivity index (χ0v) is 10.4. The standard InChI is InChI=1S/C11H15NO4S/c1-2-16-11(13)8-9-12-17(14,15)10-6-4-3-5-7-10/h3-7,12H,2,8-9H2,1H3. The summed E-state index contributed by atoms with van der Waals surface area (Å²) >= 11 is 0. The monoisotopic (exact) mass is 257 g/mol. The van der Waals surface area contributed by atoms with E-state index in [4.69, 9.17) is 0 Å². The van der Waals surface area contributed by atoms with Crippen molar-refractivity contribution in [1.29, 1.82) is 0 Å². The predicted molar refractivity (Wildman–Crippen MR) is 62.9 cm³/mol. The fourth-order valence-electron chi connectivity index (χ4n) is 1.20. The highest BCUT2D eigenvalue weighted by Crippen LogP contribution is 2.06. The summed E-state index contributed by atoms with van der Waals surface area (Å²) in [5, 5.41) is 0. The molecule has 1 rings (SSSR count). The number of nitrogens with one attached hydrogen (secondary N) is 1. The van der Waals surface area contributed by atoms with Crippen LogP contribution in [0.3, 0.4) is 0 Å². The van der Waals surface area contributed by atoms with Gasteiger partial charge in [-0.25, -0.2) is 13.1 Å². The van der Waals surface area contributed by atoms with E-state index in [2.05, 4.69) is 9.46 Å². The van der Waals surface area contributed by atoms with Crippen LogP contribution in [0.5, 0.6) is 0 Å². The third-order valence-corrected chi connectivity index (χ3v) is 3.46. The van der Waals surface area contributed by atoms with Crippen molar-refractivity contribution in [1.82, 2.24) is 4.72 Å². The summed E-state index contributed by atoms with van der Waals surface area (Å²) in [5.41, 5.74) is 0. The van der Waals surface area contributed by atoms with Crippen molar-refractivity contribution in [3.05, 3.63) is 30.3 Å². The van der Waals surface area contributed by atoms with E-state index in [9.17, 15) is 13.2 Å². The molecule has 0 heterocycles. The second kappa shape index (κ2) is 6.36. The minimum Gasteiger partial charge on any atom is -0.466 e. The topological polar surface area (TPSA) is 72.5 Å². The lowest BCUT2D eigenvalue weighted by Gasteiger charge is -2.06. The highest BCUT2D eigenvalue weighted by atomic mass is 32.2. The molecule has 5 nitrogen and oxygen atoms in total. The maximum absolute atomic E-state index is 11.7. The van der Waals surface area contributed by atoms with E-state index in [1.54, 1.807) is 25.1 Å². The van der Waals surface area contributed by atoms with Crippen LogP contribution in [0, 0.1) is 0 Å². The van der Waals surface area contributed by atoms with E-state index < -0.39 is 16.0 Å². The van der Waals surface area contributed by atoms with Crippen LogP contribution in [0.1, 0.15) is 13.3 Å². The van der Waals surface area contributed by atoms with Gasteiger partial charge in [-0.2, -0.15) is 0 Å². The Morgan fingerprint density at radius 1 is 1.29 bits per heavy atom. The minimum absolute atomic E-state index is 0.0277. The van der Waals surface area contributed by atoms with Gasteiger partial charge >= 0.3 is 5.97 Å². The lowest BCUT2D eigenvalue weighted by Crippen LogP contribution is -2.26. The second-order valence-corrected chi connectivity index (χ2v) is 5.03. The van der Waals surface area contributed by atoms with Crippen LogP contribution in [-0.4, -0.2) is 27.5 Å². The van der Waals surface area contributed by atoms with E-state index in [-0.39, 0.29) is 17.9 Å². The molecule has 1 aromatic carbocycles. The fraction of sp³-hybridized carbons (Fsp3) is 0.364. The van der Waals surface area contributed by atoms with Crippen LogP contribution in [0.4, 0.5) is 0 Å². The van der Waals surface area contributed by atoms with Gasteiger partial charge in [-0.3, -0.25) is 4.79 Å². The van der Waals surface area contributed by atoms with Gasteiger partial charge in [0.15, 0.2) is 0 Å². The van der Waals surface area contributed by atoms with Crippen LogP contribution >= 0.6 is 0 Å². The van der Waals surface area contributed by atoms with Gasteiger partial charge in [-0.15, -0.1) is 0 Å². The van der Waals surface area contributed by atoms with Crippen molar-refractivity contribution < 1.29 is 17.9 Å². The molecule has 6 heteroatoms. The van der Waals surface area contributed by atoms with Crippen molar-refractivity contribution in [3.8, 4) is 0 Å². The number of hydrogen-bond acceptors (Lipinski definition) is 4. The van der Waals surface area contributed by atoms with Gasteiger partial charge in [0.1, 0.15) is 0 Å². The van der Waals surface area contributed by atoms with Crippen molar-refractivity contribution in [3.63, 3.8) is 0 Å². The Morgan fingerprint density at radius 2 is 1.94 bits per heavy atom. The molecule has 0 aliphatic rings. The molecular formula is C11H15NO4S. The maximum Gasteiger partial charge on any atom is 0.307 e. The largest absolute Gasteiger partial charge is 0.466 e. The molecule has 0 saturated heterocycles. The van der Waals surface area contributed by atoms with E-state index in [0.29, 0.717) is 6.61 Å². The zero-order chi connectivity index (χ0) is 12.7. The summed E-state index contributed by atoms with van der Waals surface area (Å²) < 4.78 is 30.4. The van der Waals surface area contributed by atoms with E-state index in [0.717, 1.165) is 0 Å². The van der Waals surface area contributed by atoms with Crippen LogP contribution < -0.4 is 4.72 Å². The molecule has 0 aromatic heterocycles. The number of sulfonamides is 1. The summed E-state index contributed by atoms with van der Waals surface area (Å²) in [6.45, 7) is 2.03. The van der Waals surface area contributed by atoms with Crippen molar-refractivity contribution in [2.45, 2.75) is 18.2 Å². The number of esters is 1. The van der Waals surface area contributed by atoms with Crippen LogP contribution in [-0.2, 0) is 19.6 Å². The lowest BCUT2D eigenvalue weighted by molar-refractivity contribution is -0.142. The number of hydrogen-bond donors (Lipinski definition) is 1. The number of carbonyl (C=O) groups excluding carboxylic acids is 1. The minimum atomic E-state index is -3.53. The van der Waals surface area contributed by atoms with Crippen LogP contribution in [0.15, 0.2) is 35.2 Å². The summed E-state index contributed by atoms with van der Waals surface area (Å²) in [6.07, 6.45) is 0.0277. The normalized spacial score (nSPS) is 11.1. The first-order chi connectivity index (χ1) is 8.06. The molecule has 17 heavy (non-hydrogen) atoms. The van der Waals surface area contributed by atoms with Gasteiger partial charge < -0.3 is 4.74 Å². The summed E-state index contributed by atoms with van der Waals surface area (Å²) in [4.78, 5) is 11.2. The first-order valence-corrected chi connectivity index (χ1v) is 6.75. The number of rotatable bonds is 6. The molecule has 0 fully saturated rings. The Bertz CT molecular complexity index is 456. The average Bonchev–Trinajstić information content (AvgIpc) is 2.30. The fourth-order valence-corrected chi connectivity index (χ4v) is 2.26. The molecule has 0 aliphatic carbocycles. The van der Waals surface area contributed by atoms with Gasteiger partial charge in [0.2, 0.25) is 10.0 Å². The molecule has 94 valence electrons. The zero-order valence-electron chi connectivity index (χ0n) is 9.55. The SMILES string of the molecule is CCOC(=O)CCNS(=O)(=O)c1ccccc1. The lowest BCUT2D eigenvalue weighted by atomic mass is 10.4. The van der Waals surface area contributed by atoms with Crippen molar-refractivity contribution >= 4 is 16.0 Å². The second-order valence-electron chi connectivity index (χ2n) is 3.27. The van der Waals surface area contributed by atoms with Crippen LogP contribution in [0.2, 0.25) is 0 Å². The molecule has 0 bridgehead atoms. The Kier molecular flexibility index (Phi) is 5.11. The van der Waals surface area contributed by atoms with Gasteiger partial charge in [-0.05, 0) is 19.1 Å². The number of benzene rings is 1. The van der Waals surface area contributed by atoms with Crippen molar-refractivity contribution in [2.24, 2.45) is 0 Å². The summed E-state index contributed by atoms with van der Waals surface area (Å²) in [5.74, 6) is -0.414. The molecule has 0 spiro atoms. The molecule has 0 atom stereocenters. The average molecular weight is 257 g/mol. The Labute approximate surface area is 101 Å². The Morgan fingerprint density at radius 3 is 2.53 bits per heavy atom. The molecule has 0 saturated carbocycles. The molecule has 0 amide bonds. The molecule has 0 unspecified atom stereocenters. The molecule has 1 aromatic rings. The highest BCUT2D eigenvalue weighted by Gasteiger charge is 2.13. The first kappa shape index (κ1) is 13.7. The van der Waals surface area contributed by atoms with Crippen LogP contribution in [0.25, 0.3) is 0 Å². The van der Waals surface area contributed by atoms with E-state index >= 15 is 0 Å². The van der Waals surface area contributed by atoms with Gasteiger partial charge in [-0.1, -0.05) is 18.2 Å². The van der Waals surface area contributed by atoms with Crippen molar-refractivity contribution in [2.75, 3.05) is 13.2 Å². The summed E-state index contributed by atoms with van der Waals surface area (Å²) in [6, 6.07) is 8.00. The maximum atomic E-state index is 11.7. The van der Waals surface area contributed by atoms with Gasteiger partial charge in [0.05, 0.1) is 17.9 Å². The Balaban J connectivity index is 2.49. The first-order valence-electron chi connectivity index (χ1n) is 5.26. The van der Waals surface area contributed by atoms with E-state index in [1.807, 2.05) is 0 Å². The molecule has 0 radical (unpaired) electrons. The smallest absolute Gasteiger partial charge is 0.307 e. The van der Waals surface area contributed by atoms with Gasteiger partial charge in [0.25, 0.3) is 0 Å². The summed E-state index contributed by atoms with van der Waals surface area (Å²) in [7, 11) is -3.53. The molecular weight excluding hydrogens is 242 g/mol.